The van der Waals surface area contributed by atoms with Crippen molar-refractivity contribution in [2.24, 2.45) is 0 Å². The number of carbonyl (C=O) groups is 2. The summed E-state index contributed by atoms with van der Waals surface area (Å²) in [6, 6.07) is 7.29. The van der Waals surface area contributed by atoms with Gasteiger partial charge in [-0.3, -0.25) is 24.7 Å². The molecule has 5 rings (SSSR count). The second kappa shape index (κ2) is 9.00. The molecule has 3 aliphatic heterocycles. The quantitative estimate of drug-likeness (QED) is 0.403. The van der Waals surface area contributed by atoms with E-state index in [0.29, 0.717) is 45.6 Å². The smallest absolute Gasteiger partial charge is 0.251 e. The summed E-state index contributed by atoms with van der Waals surface area (Å²) in [6.07, 6.45) is 2.12. The molecule has 1 aromatic carbocycles. The van der Waals surface area contributed by atoms with Crippen LogP contribution in [-0.4, -0.2) is 58.8 Å². The highest BCUT2D eigenvalue weighted by Crippen LogP contribution is 2.40. The van der Waals surface area contributed by atoms with Gasteiger partial charge in [-0.25, -0.2) is 4.98 Å². The van der Waals surface area contributed by atoms with Crippen molar-refractivity contribution in [1.29, 1.82) is 0 Å². The number of pyridine rings is 1. The zero-order valence-corrected chi connectivity index (χ0v) is 18.9. The van der Waals surface area contributed by atoms with Crippen LogP contribution in [0.5, 0.6) is 0 Å². The molecule has 3 aliphatic rings. The van der Waals surface area contributed by atoms with Gasteiger partial charge < -0.3 is 4.90 Å². The first kappa shape index (κ1) is 22.2. The molecule has 33 heavy (non-hydrogen) atoms. The Bertz CT molecular complexity index is 1090. The number of nitrogens with zero attached hydrogens (tertiary/aromatic N) is 4. The Labute approximate surface area is 196 Å². The van der Waals surface area contributed by atoms with Crippen molar-refractivity contribution in [1.82, 2.24) is 20.1 Å². The number of rotatable bonds is 4. The maximum absolute atomic E-state index is 14.1. The van der Waals surface area contributed by atoms with Crippen molar-refractivity contribution < 1.29 is 18.4 Å². The number of fused-ring (bicyclic) bond motifs is 1. The van der Waals surface area contributed by atoms with E-state index >= 15 is 0 Å². The van der Waals surface area contributed by atoms with E-state index in [1.165, 1.54) is 23.4 Å². The number of hydrogen-bond acceptors (Lipinski definition) is 7. The van der Waals surface area contributed by atoms with Gasteiger partial charge in [0, 0.05) is 51.9 Å². The van der Waals surface area contributed by atoms with Gasteiger partial charge in [-0.05, 0) is 29.2 Å². The normalized spacial score (nSPS) is 24.2. The van der Waals surface area contributed by atoms with Gasteiger partial charge in [-0.1, -0.05) is 18.2 Å². The fourth-order valence-electron chi connectivity index (χ4n) is 5.01. The van der Waals surface area contributed by atoms with Crippen molar-refractivity contribution >= 4 is 30.1 Å². The van der Waals surface area contributed by atoms with E-state index in [1.54, 1.807) is 0 Å². The molecule has 7 nitrogen and oxygen atoms in total. The largest absolute Gasteiger partial charge is 0.366 e. The number of benzene rings is 1. The number of thiol groups is 1. The van der Waals surface area contributed by atoms with Crippen LogP contribution in [0.4, 0.5) is 14.5 Å². The summed E-state index contributed by atoms with van der Waals surface area (Å²) in [4.78, 5) is 33.5. The lowest BCUT2D eigenvalue weighted by Crippen LogP contribution is -2.51. The highest BCUT2D eigenvalue weighted by Gasteiger charge is 2.39. The van der Waals surface area contributed by atoms with Crippen LogP contribution in [0.15, 0.2) is 30.5 Å². The second-order valence-electron chi connectivity index (χ2n) is 8.70. The minimum absolute atomic E-state index is 0.203. The van der Waals surface area contributed by atoms with Crippen molar-refractivity contribution in [3.05, 3.63) is 58.9 Å². The lowest BCUT2D eigenvalue weighted by Gasteiger charge is -2.36. The topological polar surface area (TPSA) is 68.8 Å². The van der Waals surface area contributed by atoms with Gasteiger partial charge in [0.15, 0.2) is 0 Å². The number of aromatic nitrogens is 1. The molecule has 1 N–H and O–H groups in total. The third-order valence-electron chi connectivity index (χ3n) is 6.79. The first-order valence-electron chi connectivity index (χ1n) is 11.1. The predicted molar refractivity (Wildman–Crippen MR) is 122 cm³/mol. The van der Waals surface area contributed by atoms with Gasteiger partial charge in [-0.2, -0.15) is 21.4 Å². The molecule has 10 heteroatoms. The molecule has 174 valence electrons. The lowest BCUT2D eigenvalue weighted by molar-refractivity contribution is -0.137. The predicted octanol–water partition coefficient (Wildman–Crippen LogP) is 2.23. The van der Waals surface area contributed by atoms with Crippen LogP contribution in [0.2, 0.25) is 0 Å². The van der Waals surface area contributed by atoms with E-state index in [-0.39, 0.29) is 28.9 Å². The summed E-state index contributed by atoms with van der Waals surface area (Å²) < 4.78 is 27.6. The lowest BCUT2D eigenvalue weighted by atomic mass is 10.0. The van der Waals surface area contributed by atoms with E-state index in [2.05, 4.69) is 26.2 Å². The molecule has 4 heterocycles. The first-order valence-corrected chi connectivity index (χ1v) is 11.6. The molecule has 0 saturated carbocycles. The Balaban J connectivity index is 1.26. The summed E-state index contributed by atoms with van der Waals surface area (Å²) in [6.45, 7) is 3.95. The maximum atomic E-state index is 14.1. The van der Waals surface area contributed by atoms with Gasteiger partial charge in [0.05, 0.1) is 17.1 Å². The monoisotopic (exact) mass is 473 g/mol. The first-order chi connectivity index (χ1) is 15.9. The molecule has 0 radical (unpaired) electrons. The van der Waals surface area contributed by atoms with E-state index in [4.69, 9.17) is 12.6 Å². The standard InChI is InChI=1S/C23H25F2N5O2S/c24-20-17(6-7-26-21(20)25)29-10-8-28(9-11-29)12-14-2-1-3-15-16(14)13-30(23(15)33)18-4-5-19(31)27-22(18)32/h1-3,6-7,18,23,33H,4-5,8-13H2,(H,27,31,32). The molecule has 1 aromatic heterocycles. The van der Waals surface area contributed by atoms with Gasteiger partial charge in [0.2, 0.25) is 17.6 Å². The summed E-state index contributed by atoms with van der Waals surface area (Å²) in [5.41, 5.74) is 3.69. The number of piperazine rings is 1. The molecule has 2 amide bonds. The summed E-state index contributed by atoms with van der Waals surface area (Å²) >= 11 is 4.79. The van der Waals surface area contributed by atoms with Crippen LogP contribution < -0.4 is 10.2 Å². The minimum Gasteiger partial charge on any atom is -0.366 e. The molecule has 2 saturated heterocycles. The number of carbonyl (C=O) groups excluding carboxylic acids is 2. The highest BCUT2D eigenvalue weighted by atomic mass is 32.1. The van der Waals surface area contributed by atoms with Crippen LogP contribution in [0.1, 0.15) is 34.9 Å². The van der Waals surface area contributed by atoms with Gasteiger partial charge in [0.25, 0.3) is 5.95 Å². The highest BCUT2D eigenvalue weighted by molar-refractivity contribution is 7.80. The fourth-order valence-corrected chi connectivity index (χ4v) is 5.49. The Morgan fingerprint density at radius 2 is 1.91 bits per heavy atom. The van der Waals surface area contributed by atoms with E-state index < -0.39 is 11.8 Å². The average molecular weight is 474 g/mol. The molecule has 0 bridgehead atoms. The number of amides is 2. The van der Waals surface area contributed by atoms with E-state index in [1.807, 2.05) is 17.0 Å². The molecule has 2 unspecified atom stereocenters. The van der Waals surface area contributed by atoms with E-state index in [0.717, 1.165) is 12.1 Å². The molecule has 2 atom stereocenters. The van der Waals surface area contributed by atoms with Crippen molar-refractivity contribution in [3.8, 4) is 0 Å². The molecular formula is C23H25F2N5O2S. The minimum atomic E-state index is -1.07. The zero-order chi connectivity index (χ0) is 23.1. The Morgan fingerprint density at radius 3 is 2.67 bits per heavy atom. The van der Waals surface area contributed by atoms with Crippen LogP contribution in [0, 0.1) is 11.8 Å². The fraction of sp³-hybridized carbons (Fsp3) is 0.435. The SMILES string of the molecule is O=C1CCC(N2Cc3c(CN4CCN(c5ccnc(F)c5F)CC4)cccc3C2S)C(=O)N1. The Hall–Kier alpha value is -2.56. The Kier molecular flexibility index (Phi) is 6.07. The molecule has 2 aromatic rings. The van der Waals surface area contributed by atoms with Crippen LogP contribution in [0.3, 0.4) is 0 Å². The van der Waals surface area contributed by atoms with Crippen LogP contribution >= 0.6 is 12.6 Å². The summed E-state index contributed by atoms with van der Waals surface area (Å²) in [5.74, 6) is -2.45. The Morgan fingerprint density at radius 1 is 1.12 bits per heavy atom. The second-order valence-corrected chi connectivity index (χ2v) is 9.19. The van der Waals surface area contributed by atoms with Crippen LogP contribution in [0.25, 0.3) is 0 Å². The third-order valence-corrected chi connectivity index (χ3v) is 7.36. The zero-order valence-electron chi connectivity index (χ0n) is 18.0. The van der Waals surface area contributed by atoms with Gasteiger partial charge in [-0.15, -0.1) is 0 Å². The molecular weight excluding hydrogens is 448 g/mol. The third kappa shape index (κ3) is 4.22. The van der Waals surface area contributed by atoms with Gasteiger partial charge in [0.1, 0.15) is 0 Å². The number of piperidine rings is 1. The molecule has 2 fully saturated rings. The maximum Gasteiger partial charge on any atom is 0.251 e. The van der Waals surface area contributed by atoms with Crippen molar-refractivity contribution in [2.75, 3.05) is 31.1 Å². The number of imide groups is 1. The summed E-state index contributed by atoms with van der Waals surface area (Å²) in [5, 5.41) is 2.24. The van der Waals surface area contributed by atoms with Crippen molar-refractivity contribution in [3.63, 3.8) is 0 Å². The van der Waals surface area contributed by atoms with Gasteiger partial charge >= 0.3 is 0 Å². The number of hydrogen-bond donors (Lipinski definition) is 2. The number of anilines is 1. The average Bonchev–Trinajstić information content (AvgIpc) is 3.14. The molecule has 0 aliphatic carbocycles. The van der Waals surface area contributed by atoms with Crippen LogP contribution in [-0.2, 0) is 22.7 Å². The van der Waals surface area contributed by atoms with E-state index in [9.17, 15) is 18.4 Å². The van der Waals surface area contributed by atoms with Crippen molar-refractivity contribution in [2.45, 2.75) is 37.3 Å². The summed E-state index contributed by atoms with van der Waals surface area (Å²) in [7, 11) is 0. The number of nitrogens with one attached hydrogen (secondary N) is 1. The molecule has 0 spiro atoms. The number of halogens is 2.